The third-order valence-electron chi connectivity index (χ3n) is 2.92. The third-order valence-corrected chi connectivity index (χ3v) is 2.92. The molecule has 0 saturated carbocycles. The highest BCUT2D eigenvalue weighted by Gasteiger charge is 2.09. The molecule has 0 bridgehead atoms. The fourth-order valence-electron chi connectivity index (χ4n) is 1.95. The second kappa shape index (κ2) is 10.6. The molecule has 0 spiro atoms. The van der Waals surface area contributed by atoms with Crippen LogP contribution in [-0.4, -0.2) is 0 Å². The van der Waals surface area contributed by atoms with E-state index < -0.39 is 0 Å². The normalized spacial score (nSPS) is 15.1. The van der Waals surface area contributed by atoms with Crippen LogP contribution in [0.4, 0.5) is 0 Å². The number of terminal acetylenes is 1. The van der Waals surface area contributed by atoms with E-state index in [0.717, 1.165) is 0 Å². The van der Waals surface area contributed by atoms with Crippen molar-refractivity contribution in [3.63, 3.8) is 0 Å². The number of rotatable bonds is 0. The summed E-state index contributed by atoms with van der Waals surface area (Å²) in [6.07, 6.45) is 13.4. The van der Waals surface area contributed by atoms with Crippen molar-refractivity contribution >= 4 is 0 Å². The summed E-state index contributed by atoms with van der Waals surface area (Å²) >= 11 is 0. The van der Waals surface area contributed by atoms with Gasteiger partial charge in [-0.15, -0.1) is 12.8 Å². The monoisotopic (exact) mass is 220 g/mol. The summed E-state index contributed by atoms with van der Waals surface area (Å²) in [4.78, 5) is 0. The minimum absolute atomic E-state index is 1.30. The van der Waals surface area contributed by atoms with Crippen LogP contribution >= 0.6 is 0 Å². The summed E-state index contributed by atoms with van der Waals surface area (Å²) in [6, 6.07) is 0. The molecular weight excluding hydrogens is 192 g/mol. The van der Waals surface area contributed by atoms with Gasteiger partial charge in [-0.3, -0.25) is 0 Å². The molecule has 0 aromatic carbocycles. The zero-order valence-electron chi connectivity index (χ0n) is 12.0. The van der Waals surface area contributed by atoms with Crippen LogP contribution in [0.3, 0.4) is 0 Å². The third kappa shape index (κ3) is 5.81. The summed E-state index contributed by atoms with van der Waals surface area (Å²) in [5.74, 6) is 0. The van der Waals surface area contributed by atoms with Crippen LogP contribution in [0, 0.1) is 12.8 Å². The van der Waals surface area contributed by atoms with Gasteiger partial charge in [-0.25, -0.2) is 0 Å². The van der Waals surface area contributed by atoms with Gasteiger partial charge in [0.05, 0.1) is 0 Å². The first-order valence-corrected chi connectivity index (χ1v) is 6.29. The molecule has 0 heterocycles. The Morgan fingerprint density at radius 3 is 1.81 bits per heavy atom. The van der Waals surface area contributed by atoms with Crippen LogP contribution < -0.4 is 0 Å². The molecule has 0 aromatic heterocycles. The standard InChI is InChI=1S/C12H20.C2H6.C2H2/c1-9(2)12-8-6-5-7-10(3)11(12)4;2*1-2/h5-8H2,1-4H3;1-2H3;1-2H. The average molecular weight is 220 g/mol. The van der Waals surface area contributed by atoms with Gasteiger partial charge in [0.1, 0.15) is 0 Å². The van der Waals surface area contributed by atoms with Crippen LogP contribution in [0.2, 0.25) is 0 Å². The Bertz CT molecular complexity index is 257. The van der Waals surface area contributed by atoms with E-state index in [4.69, 9.17) is 0 Å². The zero-order chi connectivity index (χ0) is 13.1. The number of hydrogen-bond donors (Lipinski definition) is 0. The van der Waals surface area contributed by atoms with Crippen molar-refractivity contribution in [2.45, 2.75) is 67.2 Å². The highest BCUT2D eigenvalue weighted by molar-refractivity contribution is 5.36. The lowest BCUT2D eigenvalue weighted by molar-refractivity contribution is 0.748. The lowest BCUT2D eigenvalue weighted by Crippen LogP contribution is -1.89. The van der Waals surface area contributed by atoms with Gasteiger partial charge in [0.25, 0.3) is 0 Å². The SMILES string of the molecule is C#C.CC.CC(C)=C1CCCCC(C)=C1C. The molecule has 1 rings (SSSR count). The van der Waals surface area contributed by atoms with Crippen molar-refractivity contribution in [3.05, 3.63) is 22.3 Å². The van der Waals surface area contributed by atoms with E-state index in [-0.39, 0.29) is 0 Å². The van der Waals surface area contributed by atoms with E-state index in [1.807, 2.05) is 13.8 Å². The van der Waals surface area contributed by atoms with E-state index >= 15 is 0 Å². The maximum absolute atomic E-state index is 4.00. The predicted octanol–water partition coefficient (Wildman–Crippen LogP) is 5.51. The van der Waals surface area contributed by atoms with Crippen molar-refractivity contribution in [1.82, 2.24) is 0 Å². The van der Waals surface area contributed by atoms with Gasteiger partial charge < -0.3 is 0 Å². The molecule has 0 amide bonds. The Kier molecular flexibility index (Phi) is 11.5. The fraction of sp³-hybridized carbons (Fsp3) is 0.625. The van der Waals surface area contributed by atoms with Gasteiger partial charge in [-0.1, -0.05) is 25.0 Å². The van der Waals surface area contributed by atoms with Crippen LogP contribution in [0.5, 0.6) is 0 Å². The molecule has 0 heteroatoms. The van der Waals surface area contributed by atoms with Crippen LogP contribution in [0.25, 0.3) is 0 Å². The second-order valence-corrected chi connectivity index (χ2v) is 4.09. The molecule has 0 unspecified atom stereocenters. The van der Waals surface area contributed by atoms with Crippen molar-refractivity contribution in [2.24, 2.45) is 0 Å². The molecule has 16 heavy (non-hydrogen) atoms. The van der Waals surface area contributed by atoms with E-state index in [0.29, 0.717) is 0 Å². The first-order chi connectivity index (χ1) is 7.63. The van der Waals surface area contributed by atoms with Crippen molar-refractivity contribution in [3.8, 4) is 12.8 Å². The molecule has 1 aliphatic rings. The highest BCUT2D eigenvalue weighted by Crippen LogP contribution is 2.29. The van der Waals surface area contributed by atoms with Crippen LogP contribution in [0.1, 0.15) is 67.2 Å². The maximum Gasteiger partial charge on any atom is -0.0277 e. The minimum Gasteiger partial charge on any atom is -0.124 e. The molecule has 0 saturated heterocycles. The quantitative estimate of drug-likeness (QED) is 0.472. The summed E-state index contributed by atoms with van der Waals surface area (Å²) < 4.78 is 0. The topological polar surface area (TPSA) is 0 Å². The molecule has 0 nitrogen and oxygen atoms in total. The fourth-order valence-corrected chi connectivity index (χ4v) is 1.95. The van der Waals surface area contributed by atoms with E-state index in [9.17, 15) is 0 Å². The van der Waals surface area contributed by atoms with Gasteiger partial charge in [0.15, 0.2) is 0 Å². The Morgan fingerprint density at radius 1 is 0.938 bits per heavy atom. The minimum atomic E-state index is 1.30. The molecule has 0 fully saturated rings. The average Bonchev–Trinajstić information content (AvgIpc) is 2.48. The van der Waals surface area contributed by atoms with E-state index in [2.05, 4.69) is 40.5 Å². The Balaban J connectivity index is 0. The molecule has 1 aliphatic carbocycles. The summed E-state index contributed by atoms with van der Waals surface area (Å²) in [6.45, 7) is 13.0. The van der Waals surface area contributed by atoms with Gasteiger partial charge >= 0.3 is 0 Å². The van der Waals surface area contributed by atoms with Gasteiger partial charge in [0, 0.05) is 0 Å². The Hall–Kier alpha value is -0.960. The largest absolute Gasteiger partial charge is 0.124 e. The zero-order valence-corrected chi connectivity index (χ0v) is 12.0. The van der Waals surface area contributed by atoms with Crippen molar-refractivity contribution < 1.29 is 0 Å². The summed E-state index contributed by atoms with van der Waals surface area (Å²) in [5, 5.41) is 0. The van der Waals surface area contributed by atoms with E-state index in [1.54, 1.807) is 16.7 Å². The molecule has 0 aliphatic heterocycles. The summed E-state index contributed by atoms with van der Waals surface area (Å²) in [7, 11) is 0. The highest BCUT2D eigenvalue weighted by atomic mass is 14.2. The molecular formula is C16H28. The molecule has 92 valence electrons. The Labute approximate surface area is 103 Å². The number of allylic oxidation sites excluding steroid dienone is 4. The van der Waals surface area contributed by atoms with Crippen LogP contribution in [0.15, 0.2) is 22.3 Å². The maximum atomic E-state index is 4.00. The molecule has 0 aromatic rings. The summed E-state index contributed by atoms with van der Waals surface area (Å²) in [5.41, 5.74) is 6.29. The molecule has 0 atom stereocenters. The van der Waals surface area contributed by atoms with Gasteiger partial charge in [-0.05, 0) is 64.5 Å². The second-order valence-electron chi connectivity index (χ2n) is 4.09. The molecule has 0 N–H and O–H groups in total. The molecule has 0 radical (unpaired) electrons. The lowest BCUT2D eigenvalue weighted by atomic mass is 9.97. The first-order valence-electron chi connectivity index (χ1n) is 6.29. The first kappa shape index (κ1) is 17.4. The van der Waals surface area contributed by atoms with Gasteiger partial charge in [-0.2, -0.15) is 0 Å². The predicted molar refractivity (Wildman–Crippen MR) is 76.5 cm³/mol. The Morgan fingerprint density at radius 2 is 1.38 bits per heavy atom. The van der Waals surface area contributed by atoms with Crippen molar-refractivity contribution in [2.75, 3.05) is 0 Å². The van der Waals surface area contributed by atoms with E-state index in [1.165, 1.54) is 31.3 Å². The van der Waals surface area contributed by atoms with Crippen molar-refractivity contribution in [1.29, 1.82) is 0 Å². The lowest BCUT2D eigenvalue weighted by Gasteiger charge is -2.09. The smallest absolute Gasteiger partial charge is 0.0277 e. The van der Waals surface area contributed by atoms with Crippen LogP contribution in [-0.2, 0) is 0 Å². The van der Waals surface area contributed by atoms with Gasteiger partial charge in [0.2, 0.25) is 0 Å². The number of hydrogen-bond acceptors (Lipinski definition) is 0.